The van der Waals surface area contributed by atoms with Crippen molar-refractivity contribution in [2.24, 2.45) is 4.99 Å². The summed E-state index contributed by atoms with van der Waals surface area (Å²) in [6, 6.07) is 23.6. The Balaban J connectivity index is 1.77. The Morgan fingerprint density at radius 3 is 2.63 bits per heavy atom. The number of para-hydroxylation sites is 2. The van der Waals surface area contributed by atoms with Crippen LogP contribution in [0.5, 0.6) is 5.88 Å². The average molecular weight is 530 g/mol. The second kappa shape index (κ2) is 11.6. The molecule has 1 N–H and O–H groups in total. The number of methoxy groups -OCH3 is 3. The van der Waals surface area contributed by atoms with Gasteiger partial charge in [0.2, 0.25) is 5.88 Å². The van der Waals surface area contributed by atoms with Gasteiger partial charge in [-0.3, -0.25) is 4.99 Å². The van der Waals surface area contributed by atoms with Crippen molar-refractivity contribution in [2.75, 3.05) is 39.8 Å². The molecule has 1 aliphatic carbocycles. The first-order chi connectivity index (χ1) is 18.6. The van der Waals surface area contributed by atoms with E-state index in [2.05, 4.69) is 14.9 Å². The average Bonchev–Trinajstić information content (AvgIpc) is 2.94. The fourth-order valence-corrected chi connectivity index (χ4v) is 4.53. The molecule has 1 atom stereocenters. The van der Waals surface area contributed by atoms with Gasteiger partial charge in [-0.2, -0.15) is 0 Å². The van der Waals surface area contributed by atoms with Crippen molar-refractivity contribution in [3.8, 4) is 23.0 Å². The number of fused-ring (bicyclic) bond motifs is 2. The number of pyridine rings is 1. The van der Waals surface area contributed by atoms with Crippen LogP contribution in [0.3, 0.4) is 0 Å². The van der Waals surface area contributed by atoms with Crippen LogP contribution in [0.25, 0.3) is 28.1 Å². The molecule has 0 bridgehead atoms. The monoisotopic (exact) mass is 529 g/mol. The highest BCUT2D eigenvalue weighted by Crippen LogP contribution is 2.32. The molecule has 0 amide bonds. The number of ether oxygens (including phenoxy) is 3. The lowest BCUT2D eigenvalue weighted by molar-refractivity contribution is 0.0340. The molecule has 0 fully saturated rings. The van der Waals surface area contributed by atoms with Crippen LogP contribution >= 0.6 is 11.6 Å². The molecule has 1 unspecified atom stereocenters. The summed E-state index contributed by atoms with van der Waals surface area (Å²) in [4.78, 5) is 14.2. The summed E-state index contributed by atoms with van der Waals surface area (Å²) in [5.74, 6) is 0.480. The lowest BCUT2D eigenvalue weighted by Crippen LogP contribution is -2.23. The highest BCUT2D eigenvalue weighted by molar-refractivity contribution is 6.30. The van der Waals surface area contributed by atoms with Crippen molar-refractivity contribution in [1.29, 1.82) is 0 Å². The molecule has 0 saturated heterocycles. The zero-order chi connectivity index (χ0) is 26.5. The highest BCUT2D eigenvalue weighted by atomic mass is 35.5. The summed E-state index contributed by atoms with van der Waals surface area (Å²) < 4.78 is 18.5. The van der Waals surface area contributed by atoms with Crippen LogP contribution < -0.4 is 15.4 Å². The Kier molecular flexibility index (Phi) is 7.83. The molecule has 0 saturated carbocycles. The van der Waals surface area contributed by atoms with Crippen LogP contribution in [0.4, 0.5) is 11.4 Å². The zero-order valence-corrected chi connectivity index (χ0v) is 22.1. The number of hydrogen-bond acceptors (Lipinski definition) is 7. The van der Waals surface area contributed by atoms with E-state index in [9.17, 15) is 0 Å². The van der Waals surface area contributed by atoms with Crippen molar-refractivity contribution in [3.63, 3.8) is 0 Å². The first-order valence-electron chi connectivity index (χ1n) is 12.1. The molecule has 1 aromatic heterocycles. The predicted octanol–water partition coefficient (Wildman–Crippen LogP) is 5.49. The van der Waals surface area contributed by atoms with Gasteiger partial charge in [0, 0.05) is 31.1 Å². The normalized spacial score (nSPS) is 12.7. The molecule has 38 heavy (non-hydrogen) atoms. The van der Waals surface area contributed by atoms with Crippen LogP contribution in [0, 0.1) is 0 Å². The smallest absolute Gasteiger partial charge is 0.237 e. The predicted molar refractivity (Wildman–Crippen MR) is 150 cm³/mol. The number of anilines is 2. The number of hydrogen-bond donors (Lipinski definition) is 1. The molecular weight excluding hydrogens is 502 g/mol. The molecule has 2 aliphatic rings. The molecule has 8 nitrogen and oxygen atoms in total. The van der Waals surface area contributed by atoms with Crippen LogP contribution in [0.15, 0.2) is 84.0 Å². The maximum Gasteiger partial charge on any atom is 0.237 e. The molecule has 0 radical (unpaired) electrons. The van der Waals surface area contributed by atoms with Crippen molar-refractivity contribution < 1.29 is 14.2 Å². The molecule has 1 aliphatic heterocycles. The standard InChI is InChI=1S/C29H28ClN5O3/c1-36-18-21(37-2)17-32-24-16-28-26(15-25(24)34-23-11-7-13-31-29(23)38-3)33-22-10-4-5-12-27(22)35(28)20-9-6-8-19(30)14-20/h4-16,21,34H,17-18H2,1-3H3. The van der Waals surface area contributed by atoms with Gasteiger partial charge in [-0.15, -0.1) is 0 Å². The van der Waals surface area contributed by atoms with Gasteiger partial charge in [-0.1, -0.05) is 29.8 Å². The molecule has 9 heteroatoms. The maximum atomic E-state index is 6.40. The number of benzene rings is 3. The Labute approximate surface area is 225 Å². The van der Waals surface area contributed by atoms with Crippen molar-refractivity contribution in [3.05, 3.63) is 89.4 Å². The second-order valence-corrected chi connectivity index (χ2v) is 9.05. The van der Waals surface area contributed by atoms with Gasteiger partial charge in [-0.05, 0) is 54.6 Å². The summed E-state index contributed by atoms with van der Waals surface area (Å²) >= 11 is 6.40. The first-order valence-corrected chi connectivity index (χ1v) is 12.5. The molecule has 0 spiro atoms. The molecule has 2 heterocycles. The Morgan fingerprint density at radius 1 is 0.974 bits per heavy atom. The Hall–Kier alpha value is -3.98. The van der Waals surface area contributed by atoms with Gasteiger partial charge in [-0.25, -0.2) is 9.97 Å². The number of aromatic nitrogens is 3. The number of rotatable bonds is 9. The van der Waals surface area contributed by atoms with Gasteiger partial charge in [0.25, 0.3) is 0 Å². The van der Waals surface area contributed by atoms with E-state index in [0.717, 1.165) is 44.8 Å². The van der Waals surface area contributed by atoms with Crippen molar-refractivity contribution in [2.45, 2.75) is 6.10 Å². The van der Waals surface area contributed by atoms with E-state index >= 15 is 0 Å². The molecule has 2 aromatic carbocycles. The fraction of sp³-hybridized carbons (Fsp3) is 0.207. The molecule has 5 rings (SSSR count). The molecular formula is C29H28ClN5O3. The van der Waals surface area contributed by atoms with Crippen LogP contribution in [0.1, 0.15) is 0 Å². The van der Waals surface area contributed by atoms with Crippen molar-refractivity contribution in [1.82, 2.24) is 14.5 Å². The van der Waals surface area contributed by atoms with E-state index < -0.39 is 0 Å². The van der Waals surface area contributed by atoms with Gasteiger partial charge < -0.3 is 24.1 Å². The minimum absolute atomic E-state index is 0.189. The fourth-order valence-electron chi connectivity index (χ4n) is 4.34. The van der Waals surface area contributed by atoms with Gasteiger partial charge >= 0.3 is 0 Å². The Morgan fingerprint density at radius 2 is 1.84 bits per heavy atom. The maximum absolute atomic E-state index is 6.40. The largest absolute Gasteiger partial charge is 0.480 e. The summed E-state index contributed by atoms with van der Waals surface area (Å²) in [6.45, 7) is 0.842. The summed E-state index contributed by atoms with van der Waals surface area (Å²) in [7, 11) is 4.89. The molecule has 194 valence electrons. The van der Waals surface area contributed by atoms with Gasteiger partial charge in [0.1, 0.15) is 5.69 Å². The number of halogens is 1. The van der Waals surface area contributed by atoms with Gasteiger partial charge in [0.05, 0.1) is 59.8 Å². The van der Waals surface area contributed by atoms with Crippen LogP contribution in [0.2, 0.25) is 5.02 Å². The van der Waals surface area contributed by atoms with Crippen LogP contribution in [-0.2, 0) is 9.47 Å². The van der Waals surface area contributed by atoms with E-state index in [4.69, 9.17) is 35.8 Å². The third-order valence-corrected chi connectivity index (χ3v) is 6.38. The zero-order valence-electron chi connectivity index (χ0n) is 21.4. The summed E-state index contributed by atoms with van der Waals surface area (Å²) in [5, 5.41) is 4.83. The number of nitrogens with one attached hydrogen (secondary N) is 1. The third-order valence-electron chi connectivity index (χ3n) is 6.15. The SMILES string of the molecule is COCC(CN=c1cc2n(-c3cccc(Cl)c3)c3ccccc3nc-2cc1Nc1cccnc1OC)OC. The lowest BCUT2D eigenvalue weighted by atomic mass is 10.1. The van der Waals surface area contributed by atoms with E-state index in [-0.39, 0.29) is 6.10 Å². The van der Waals surface area contributed by atoms with E-state index in [0.29, 0.717) is 24.1 Å². The van der Waals surface area contributed by atoms with Crippen molar-refractivity contribution >= 4 is 34.0 Å². The van der Waals surface area contributed by atoms with E-state index in [1.165, 1.54) is 0 Å². The quantitative estimate of drug-likeness (QED) is 0.254. The second-order valence-electron chi connectivity index (χ2n) is 8.61. The topological polar surface area (TPSA) is 82.8 Å². The van der Waals surface area contributed by atoms with Crippen LogP contribution in [-0.4, -0.2) is 55.1 Å². The minimum atomic E-state index is -0.189. The summed E-state index contributed by atoms with van der Waals surface area (Å²) in [5.41, 5.74) is 5.88. The first kappa shape index (κ1) is 25.7. The number of nitrogens with zero attached hydrogens (tertiary/aromatic N) is 4. The summed E-state index contributed by atoms with van der Waals surface area (Å²) in [6.07, 6.45) is 1.50. The Bertz CT molecular complexity index is 1600. The van der Waals surface area contributed by atoms with E-state index in [1.807, 2.05) is 72.8 Å². The highest BCUT2D eigenvalue weighted by Gasteiger charge is 2.18. The minimum Gasteiger partial charge on any atom is -0.480 e. The third kappa shape index (κ3) is 5.33. The van der Waals surface area contributed by atoms with E-state index in [1.54, 1.807) is 27.5 Å². The lowest BCUT2D eigenvalue weighted by Gasteiger charge is -2.21. The molecule has 3 aromatic rings. The van der Waals surface area contributed by atoms with Gasteiger partial charge in [0.15, 0.2) is 0 Å².